The molecule has 1 N–H and O–H groups in total. The summed E-state index contributed by atoms with van der Waals surface area (Å²) in [6, 6.07) is 10.7. The number of hydrogen-bond donors (Lipinski definition) is 1. The van der Waals surface area contributed by atoms with Crippen molar-refractivity contribution in [2.75, 3.05) is 26.9 Å². The lowest BCUT2D eigenvalue weighted by molar-refractivity contribution is 0.279. The predicted octanol–water partition coefficient (Wildman–Crippen LogP) is 1.84. The third-order valence-corrected chi connectivity index (χ3v) is 6.05. The van der Waals surface area contributed by atoms with E-state index in [0.29, 0.717) is 0 Å². The van der Waals surface area contributed by atoms with Crippen LogP contribution in [0.15, 0.2) is 30.3 Å². The molecule has 1 fully saturated rings. The van der Waals surface area contributed by atoms with Crippen LogP contribution in [0.5, 0.6) is 0 Å². The van der Waals surface area contributed by atoms with E-state index in [4.69, 9.17) is 0 Å². The van der Waals surface area contributed by atoms with Gasteiger partial charge < -0.3 is 10.2 Å². The number of sulfone groups is 1. The number of likely N-dealkylation sites (N-methyl/N-ethyl adjacent to an activating group) is 1. The summed E-state index contributed by atoms with van der Waals surface area (Å²) in [4.78, 5) is 2.17. The van der Waals surface area contributed by atoms with Gasteiger partial charge in [-0.05, 0) is 32.5 Å². The Kier molecular flexibility index (Phi) is 5.41. The minimum absolute atomic E-state index is 0.0890. The Labute approximate surface area is 128 Å². The molecule has 0 saturated heterocycles. The normalized spacial score (nSPS) is 24.4. The van der Waals surface area contributed by atoms with Gasteiger partial charge in [-0.15, -0.1) is 0 Å². The molecule has 0 amide bonds. The maximum absolute atomic E-state index is 11.8. The van der Waals surface area contributed by atoms with Crippen molar-refractivity contribution in [1.29, 1.82) is 0 Å². The van der Waals surface area contributed by atoms with Crippen LogP contribution >= 0.6 is 0 Å². The van der Waals surface area contributed by atoms with Crippen molar-refractivity contribution < 1.29 is 8.42 Å². The van der Waals surface area contributed by atoms with Crippen molar-refractivity contribution in [3.05, 3.63) is 35.9 Å². The SMILES string of the molecule is CN(C)C(CNC1CCCC1S(C)(=O)=O)c1ccccc1. The zero-order valence-electron chi connectivity index (χ0n) is 13.1. The van der Waals surface area contributed by atoms with Crippen LogP contribution in [0.1, 0.15) is 30.9 Å². The van der Waals surface area contributed by atoms with Crippen molar-refractivity contribution in [2.45, 2.75) is 36.6 Å². The van der Waals surface area contributed by atoms with E-state index in [1.807, 2.05) is 18.2 Å². The van der Waals surface area contributed by atoms with Crippen LogP contribution in [0, 0.1) is 0 Å². The summed E-state index contributed by atoms with van der Waals surface area (Å²) in [7, 11) is 1.15. The molecule has 1 aliphatic carbocycles. The summed E-state index contributed by atoms with van der Waals surface area (Å²) in [5, 5.41) is 3.27. The smallest absolute Gasteiger partial charge is 0.151 e. The fourth-order valence-corrected chi connectivity index (χ4v) is 4.63. The molecule has 0 radical (unpaired) electrons. The molecule has 3 unspecified atom stereocenters. The summed E-state index contributed by atoms with van der Waals surface area (Å²) in [6.45, 7) is 0.772. The Hall–Kier alpha value is -0.910. The molecule has 118 valence electrons. The lowest BCUT2D eigenvalue weighted by atomic mass is 10.1. The van der Waals surface area contributed by atoms with Crippen LogP contribution in [0.25, 0.3) is 0 Å². The Morgan fingerprint density at radius 3 is 2.48 bits per heavy atom. The maximum Gasteiger partial charge on any atom is 0.151 e. The van der Waals surface area contributed by atoms with E-state index in [0.717, 1.165) is 25.8 Å². The van der Waals surface area contributed by atoms with Crippen molar-refractivity contribution in [3.8, 4) is 0 Å². The number of nitrogens with one attached hydrogen (secondary N) is 1. The molecule has 3 atom stereocenters. The van der Waals surface area contributed by atoms with E-state index in [9.17, 15) is 8.42 Å². The third kappa shape index (κ3) is 4.28. The maximum atomic E-state index is 11.8. The summed E-state index contributed by atoms with van der Waals surface area (Å²) in [5.41, 5.74) is 1.25. The molecular weight excluding hydrogens is 284 g/mol. The highest BCUT2D eigenvalue weighted by molar-refractivity contribution is 7.91. The molecule has 0 heterocycles. The standard InChI is InChI=1S/C16H26N2O2S/c1-18(2)15(13-8-5-4-6-9-13)12-17-14-10-7-11-16(14)21(3,19)20/h4-6,8-9,14-17H,7,10-12H2,1-3H3. The van der Waals surface area contributed by atoms with Gasteiger partial charge in [0.1, 0.15) is 0 Å². The van der Waals surface area contributed by atoms with Crippen LogP contribution in [0.2, 0.25) is 0 Å². The fourth-order valence-electron chi connectivity index (χ4n) is 3.21. The van der Waals surface area contributed by atoms with E-state index in [1.54, 1.807) is 0 Å². The van der Waals surface area contributed by atoms with Gasteiger partial charge in [-0.2, -0.15) is 0 Å². The van der Waals surface area contributed by atoms with Crippen LogP contribution in [-0.4, -0.2) is 51.5 Å². The van der Waals surface area contributed by atoms with Gasteiger partial charge in [0.25, 0.3) is 0 Å². The average Bonchev–Trinajstić information content (AvgIpc) is 2.88. The number of nitrogens with zero attached hydrogens (tertiary/aromatic N) is 1. The van der Waals surface area contributed by atoms with Gasteiger partial charge in [-0.3, -0.25) is 0 Å². The average molecular weight is 310 g/mol. The monoisotopic (exact) mass is 310 g/mol. The molecule has 1 saturated carbocycles. The largest absolute Gasteiger partial charge is 0.311 e. The first kappa shape index (κ1) is 16.5. The van der Waals surface area contributed by atoms with E-state index < -0.39 is 9.84 Å². The minimum Gasteiger partial charge on any atom is -0.311 e. The number of rotatable bonds is 6. The van der Waals surface area contributed by atoms with Crippen LogP contribution in [0.3, 0.4) is 0 Å². The summed E-state index contributed by atoms with van der Waals surface area (Å²) in [5.74, 6) is 0. The highest BCUT2D eigenvalue weighted by atomic mass is 32.2. The molecular formula is C16H26N2O2S. The zero-order chi connectivity index (χ0) is 15.5. The molecule has 0 bridgehead atoms. The van der Waals surface area contributed by atoms with Crippen LogP contribution < -0.4 is 5.32 Å². The van der Waals surface area contributed by atoms with E-state index in [2.05, 4.69) is 36.4 Å². The molecule has 1 aromatic rings. The van der Waals surface area contributed by atoms with Crippen molar-refractivity contribution in [3.63, 3.8) is 0 Å². The molecule has 0 aliphatic heterocycles. The van der Waals surface area contributed by atoms with Crippen LogP contribution in [-0.2, 0) is 9.84 Å². The molecule has 2 rings (SSSR count). The Morgan fingerprint density at radius 2 is 1.90 bits per heavy atom. The minimum atomic E-state index is -2.96. The van der Waals surface area contributed by atoms with Gasteiger partial charge in [0, 0.05) is 24.9 Å². The zero-order valence-corrected chi connectivity index (χ0v) is 13.9. The van der Waals surface area contributed by atoms with Crippen molar-refractivity contribution in [1.82, 2.24) is 10.2 Å². The van der Waals surface area contributed by atoms with Gasteiger partial charge in [-0.1, -0.05) is 36.8 Å². The predicted molar refractivity (Wildman–Crippen MR) is 87.1 cm³/mol. The first-order valence-corrected chi connectivity index (χ1v) is 9.48. The quantitative estimate of drug-likeness (QED) is 0.871. The Morgan fingerprint density at radius 1 is 1.24 bits per heavy atom. The molecule has 1 aliphatic rings. The lowest BCUT2D eigenvalue weighted by Crippen LogP contribution is -2.43. The molecule has 0 spiro atoms. The van der Waals surface area contributed by atoms with Crippen molar-refractivity contribution >= 4 is 9.84 Å². The van der Waals surface area contributed by atoms with Gasteiger partial charge in [-0.25, -0.2) is 8.42 Å². The molecule has 1 aromatic carbocycles. The van der Waals surface area contributed by atoms with Gasteiger partial charge in [0.05, 0.1) is 5.25 Å². The van der Waals surface area contributed by atoms with Gasteiger partial charge >= 0.3 is 0 Å². The third-order valence-electron chi connectivity index (χ3n) is 4.38. The van der Waals surface area contributed by atoms with E-state index in [1.165, 1.54) is 11.8 Å². The molecule has 0 aromatic heterocycles. The Balaban J connectivity index is 2.03. The lowest BCUT2D eigenvalue weighted by Gasteiger charge is -2.28. The Bertz CT molecular complexity index is 543. The number of hydrogen-bond acceptors (Lipinski definition) is 4. The number of benzene rings is 1. The second kappa shape index (κ2) is 6.90. The van der Waals surface area contributed by atoms with Gasteiger partial charge in [0.2, 0.25) is 0 Å². The topological polar surface area (TPSA) is 49.4 Å². The summed E-state index contributed by atoms with van der Waals surface area (Å²) < 4.78 is 23.7. The highest BCUT2D eigenvalue weighted by Gasteiger charge is 2.34. The van der Waals surface area contributed by atoms with Crippen molar-refractivity contribution in [2.24, 2.45) is 0 Å². The first-order valence-electron chi connectivity index (χ1n) is 7.53. The van der Waals surface area contributed by atoms with E-state index >= 15 is 0 Å². The summed E-state index contributed by atoms with van der Waals surface area (Å²) in [6.07, 6.45) is 4.09. The second-order valence-corrected chi connectivity index (χ2v) is 8.47. The molecule has 5 heteroatoms. The van der Waals surface area contributed by atoms with Gasteiger partial charge in [0.15, 0.2) is 9.84 Å². The first-order chi connectivity index (χ1) is 9.89. The second-order valence-electron chi connectivity index (χ2n) is 6.20. The summed E-state index contributed by atoms with van der Waals surface area (Å²) >= 11 is 0. The van der Waals surface area contributed by atoms with Crippen LogP contribution in [0.4, 0.5) is 0 Å². The van der Waals surface area contributed by atoms with E-state index in [-0.39, 0.29) is 17.3 Å². The molecule has 21 heavy (non-hydrogen) atoms. The fraction of sp³-hybridized carbons (Fsp3) is 0.625. The molecule has 4 nitrogen and oxygen atoms in total. The highest BCUT2D eigenvalue weighted by Crippen LogP contribution is 2.26.